The van der Waals surface area contributed by atoms with Gasteiger partial charge in [0, 0.05) is 24.5 Å². The predicted octanol–water partition coefficient (Wildman–Crippen LogP) is 0.998. The molecule has 1 heterocycles. The zero-order valence-corrected chi connectivity index (χ0v) is 12.3. The Morgan fingerprint density at radius 2 is 2.28 bits per heavy atom. The van der Waals surface area contributed by atoms with E-state index in [0.717, 1.165) is 25.2 Å². The maximum Gasteiger partial charge on any atom is 0.241 e. The molecule has 1 saturated carbocycles. The highest BCUT2D eigenvalue weighted by Crippen LogP contribution is 2.58. The van der Waals surface area contributed by atoms with E-state index in [4.69, 9.17) is 10.5 Å². The van der Waals surface area contributed by atoms with Gasteiger partial charge in [0.1, 0.15) is 5.54 Å². The second-order valence-electron chi connectivity index (χ2n) is 5.88. The van der Waals surface area contributed by atoms with Gasteiger partial charge in [-0.3, -0.25) is 4.79 Å². The molecule has 2 fully saturated rings. The van der Waals surface area contributed by atoms with Crippen LogP contribution in [0.15, 0.2) is 0 Å². The van der Waals surface area contributed by atoms with Crippen LogP contribution >= 0.6 is 11.8 Å². The Morgan fingerprint density at radius 1 is 1.56 bits per heavy atom. The van der Waals surface area contributed by atoms with E-state index in [1.165, 1.54) is 0 Å². The van der Waals surface area contributed by atoms with E-state index in [1.54, 1.807) is 11.8 Å². The van der Waals surface area contributed by atoms with Crippen molar-refractivity contribution in [2.45, 2.75) is 38.3 Å². The summed E-state index contributed by atoms with van der Waals surface area (Å²) in [5, 5.41) is 3.00. The summed E-state index contributed by atoms with van der Waals surface area (Å²) in [4.78, 5) is 12.4. The molecular formula is C13H24N2O2S. The zero-order chi connectivity index (χ0) is 13.4. The molecule has 3 unspecified atom stereocenters. The third kappa shape index (κ3) is 1.87. The standard InChI is InChI=1S/C13H24N2O2S/c1-12(2)10-9(5-7-17-10)13(12,14)11(16)15-6-4-8-18-3/h9-10H,4-8,14H2,1-3H3,(H,15,16). The number of amides is 1. The van der Waals surface area contributed by atoms with E-state index in [9.17, 15) is 4.79 Å². The van der Waals surface area contributed by atoms with E-state index in [2.05, 4.69) is 11.6 Å². The van der Waals surface area contributed by atoms with Crippen molar-refractivity contribution in [2.75, 3.05) is 25.2 Å². The van der Waals surface area contributed by atoms with Crippen molar-refractivity contribution in [1.82, 2.24) is 5.32 Å². The number of ether oxygens (including phenoxy) is 1. The van der Waals surface area contributed by atoms with Crippen molar-refractivity contribution >= 4 is 17.7 Å². The third-order valence-electron chi connectivity index (χ3n) is 4.64. The number of hydrogen-bond acceptors (Lipinski definition) is 4. The smallest absolute Gasteiger partial charge is 0.241 e. The van der Waals surface area contributed by atoms with Crippen molar-refractivity contribution in [3.8, 4) is 0 Å². The quantitative estimate of drug-likeness (QED) is 0.733. The van der Waals surface area contributed by atoms with Gasteiger partial charge in [0.2, 0.25) is 5.91 Å². The fourth-order valence-electron chi connectivity index (χ4n) is 3.41. The van der Waals surface area contributed by atoms with Crippen LogP contribution in [0.3, 0.4) is 0 Å². The summed E-state index contributed by atoms with van der Waals surface area (Å²) in [6.07, 6.45) is 4.12. The van der Waals surface area contributed by atoms with E-state index < -0.39 is 5.54 Å². The minimum Gasteiger partial charge on any atom is -0.377 e. The van der Waals surface area contributed by atoms with Gasteiger partial charge in [-0.2, -0.15) is 11.8 Å². The van der Waals surface area contributed by atoms with Crippen molar-refractivity contribution in [3.05, 3.63) is 0 Å². The number of hydrogen-bond donors (Lipinski definition) is 2. The van der Waals surface area contributed by atoms with Crippen LogP contribution < -0.4 is 11.1 Å². The minimum absolute atomic E-state index is 0.000327. The Balaban J connectivity index is 1.96. The normalized spacial score (nSPS) is 36.9. The molecule has 0 aromatic rings. The van der Waals surface area contributed by atoms with Gasteiger partial charge in [-0.1, -0.05) is 13.8 Å². The van der Waals surface area contributed by atoms with Gasteiger partial charge in [0.25, 0.3) is 0 Å². The summed E-state index contributed by atoms with van der Waals surface area (Å²) in [6, 6.07) is 0. The Bertz CT molecular complexity index is 335. The number of thioether (sulfide) groups is 1. The molecule has 0 aromatic heterocycles. The SMILES string of the molecule is CSCCCNC(=O)C1(N)C2CCOC2C1(C)C. The number of nitrogens with two attached hydrogens (primary N) is 1. The average Bonchev–Trinajstić information content (AvgIpc) is 2.81. The molecule has 0 radical (unpaired) electrons. The van der Waals surface area contributed by atoms with E-state index in [-0.39, 0.29) is 23.3 Å². The van der Waals surface area contributed by atoms with E-state index >= 15 is 0 Å². The van der Waals surface area contributed by atoms with Gasteiger partial charge in [0.15, 0.2) is 0 Å². The van der Waals surface area contributed by atoms with Gasteiger partial charge in [-0.25, -0.2) is 0 Å². The lowest BCUT2D eigenvalue weighted by atomic mass is 9.48. The Morgan fingerprint density at radius 3 is 2.94 bits per heavy atom. The Hall–Kier alpha value is -0.260. The maximum atomic E-state index is 12.4. The lowest BCUT2D eigenvalue weighted by molar-refractivity contribution is -0.175. The highest BCUT2D eigenvalue weighted by molar-refractivity contribution is 7.98. The molecule has 0 bridgehead atoms. The van der Waals surface area contributed by atoms with Crippen molar-refractivity contribution in [3.63, 3.8) is 0 Å². The topological polar surface area (TPSA) is 64.4 Å². The molecular weight excluding hydrogens is 248 g/mol. The van der Waals surface area contributed by atoms with Gasteiger partial charge in [0.05, 0.1) is 6.10 Å². The molecule has 1 aliphatic heterocycles. The first-order valence-corrected chi connectivity index (χ1v) is 8.03. The maximum absolute atomic E-state index is 12.4. The van der Waals surface area contributed by atoms with Gasteiger partial charge < -0.3 is 15.8 Å². The lowest BCUT2D eigenvalue weighted by Gasteiger charge is -2.60. The first-order chi connectivity index (χ1) is 8.46. The molecule has 3 N–H and O–H groups in total. The molecule has 1 amide bonds. The molecule has 2 rings (SSSR count). The zero-order valence-electron chi connectivity index (χ0n) is 11.5. The fraction of sp³-hybridized carbons (Fsp3) is 0.923. The van der Waals surface area contributed by atoms with Crippen LogP contribution in [-0.4, -0.2) is 42.7 Å². The summed E-state index contributed by atoms with van der Waals surface area (Å²) in [7, 11) is 0. The lowest BCUT2D eigenvalue weighted by Crippen LogP contribution is -2.80. The fourth-order valence-corrected chi connectivity index (χ4v) is 3.84. The van der Waals surface area contributed by atoms with Crippen molar-refractivity contribution in [2.24, 2.45) is 17.1 Å². The number of carbonyl (C=O) groups is 1. The molecule has 4 nitrogen and oxygen atoms in total. The van der Waals surface area contributed by atoms with Crippen LogP contribution in [-0.2, 0) is 9.53 Å². The van der Waals surface area contributed by atoms with Gasteiger partial charge in [-0.15, -0.1) is 0 Å². The Kier molecular flexibility index (Phi) is 3.95. The molecule has 0 spiro atoms. The first-order valence-electron chi connectivity index (χ1n) is 6.64. The van der Waals surface area contributed by atoms with E-state index in [1.807, 2.05) is 13.8 Å². The second kappa shape index (κ2) is 5.02. The molecule has 5 heteroatoms. The molecule has 3 atom stereocenters. The van der Waals surface area contributed by atoms with Crippen LogP contribution in [0.5, 0.6) is 0 Å². The number of nitrogens with one attached hydrogen (secondary N) is 1. The predicted molar refractivity (Wildman–Crippen MR) is 74.6 cm³/mol. The second-order valence-corrected chi connectivity index (χ2v) is 6.87. The third-order valence-corrected chi connectivity index (χ3v) is 5.34. The summed E-state index contributed by atoms with van der Waals surface area (Å²) in [5.74, 6) is 1.25. The molecule has 1 aliphatic carbocycles. The largest absolute Gasteiger partial charge is 0.377 e. The molecule has 18 heavy (non-hydrogen) atoms. The van der Waals surface area contributed by atoms with Gasteiger partial charge >= 0.3 is 0 Å². The Labute approximate surface area is 113 Å². The van der Waals surface area contributed by atoms with Gasteiger partial charge in [-0.05, 0) is 24.9 Å². The van der Waals surface area contributed by atoms with Crippen LogP contribution in [0.2, 0.25) is 0 Å². The van der Waals surface area contributed by atoms with Crippen LogP contribution in [0, 0.1) is 11.3 Å². The number of carbonyl (C=O) groups excluding carboxylic acids is 1. The molecule has 104 valence electrons. The summed E-state index contributed by atoms with van der Waals surface area (Å²) >= 11 is 1.79. The van der Waals surface area contributed by atoms with Crippen LogP contribution in [0.1, 0.15) is 26.7 Å². The number of rotatable bonds is 5. The highest BCUT2D eigenvalue weighted by Gasteiger charge is 2.71. The highest BCUT2D eigenvalue weighted by atomic mass is 32.2. The minimum atomic E-state index is -0.756. The monoisotopic (exact) mass is 272 g/mol. The van der Waals surface area contributed by atoms with Crippen LogP contribution in [0.4, 0.5) is 0 Å². The molecule has 1 saturated heterocycles. The average molecular weight is 272 g/mol. The number of fused-ring (bicyclic) bond motifs is 1. The first kappa shape index (κ1) is 14.2. The van der Waals surface area contributed by atoms with Crippen molar-refractivity contribution < 1.29 is 9.53 Å². The summed E-state index contributed by atoms with van der Waals surface area (Å²) in [5.41, 5.74) is 5.40. The summed E-state index contributed by atoms with van der Waals surface area (Å²) < 4.78 is 5.69. The van der Waals surface area contributed by atoms with Crippen LogP contribution in [0.25, 0.3) is 0 Å². The summed E-state index contributed by atoms with van der Waals surface area (Å²) in [6.45, 7) is 5.53. The molecule has 0 aromatic carbocycles. The van der Waals surface area contributed by atoms with E-state index in [0.29, 0.717) is 6.54 Å². The molecule has 2 aliphatic rings. The van der Waals surface area contributed by atoms with Crippen molar-refractivity contribution in [1.29, 1.82) is 0 Å².